The molecule has 1 heterocycles. The van der Waals surface area contributed by atoms with E-state index < -0.39 is 0 Å². The highest BCUT2D eigenvalue weighted by molar-refractivity contribution is 6.17. The average molecular weight is 258 g/mol. The molecule has 1 rings (SSSR count). The fraction of sp³-hybridized carbons (Fsp3) is 0.500. The average Bonchev–Trinajstić information content (AvgIpc) is 2.36. The van der Waals surface area contributed by atoms with Crippen LogP contribution in [0.3, 0.4) is 0 Å². The quantitative estimate of drug-likeness (QED) is 0.580. The van der Waals surface area contributed by atoms with Crippen molar-refractivity contribution in [3.63, 3.8) is 0 Å². The lowest BCUT2D eigenvalue weighted by atomic mass is 10.2. The van der Waals surface area contributed by atoms with E-state index in [9.17, 15) is 4.79 Å². The van der Waals surface area contributed by atoms with Crippen LogP contribution in [0.4, 0.5) is 0 Å². The van der Waals surface area contributed by atoms with E-state index in [-0.39, 0.29) is 5.97 Å². The summed E-state index contributed by atoms with van der Waals surface area (Å²) in [6, 6.07) is 3.71. The Hall–Kier alpha value is -1.29. The standard InChI is InChI=1S/C12H16ClNO3/c1-3-17-11(15)7-6-10-5-4-9(8-13)12(14-10)16-2/h4-5H,3,6-8H2,1-2H3. The summed E-state index contributed by atoms with van der Waals surface area (Å²) >= 11 is 5.74. The zero-order valence-corrected chi connectivity index (χ0v) is 10.8. The Morgan fingerprint density at radius 2 is 2.24 bits per heavy atom. The molecule has 0 N–H and O–H groups in total. The Morgan fingerprint density at radius 1 is 1.47 bits per heavy atom. The molecule has 0 fully saturated rings. The number of aromatic nitrogens is 1. The molecule has 1 aromatic rings. The van der Waals surface area contributed by atoms with Gasteiger partial charge in [0.1, 0.15) is 0 Å². The minimum absolute atomic E-state index is 0.213. The van der Waals surface area contributed by atoms with Crippen molar-refractivity contribution in [1.29, 1.82) is 0 Å². The third kappa shape index (κ3) is 4.23. The second kappa shape index (κ2) is 7.12. The molecule has 94 valence electrons. The monoisotopic (exact) mass is 257 g/mol. The van der Waals surface area contributed by atoms with E-state index in [2.05, 4.69) is 4.98 Å². The molecular weight excluding hydrogens is 242 g/mol. The van der Waals surface area contributed by atoms with Gasteiger partial charge in [-0.15, -0.1) is 11.6 Å². The number of hydrogen-bond acceptors (Lipinski definition) is 4. The Labute approximate surface area is 106 Å². The molecule has 1 aromatic heterocycles. The van der Waals surface area contributed by atoms with Gasteiger partial charge in [-0.3, -0.25) is 4.79 Å². The van der Waals surface area contributed by atoms with Crippen LogP contribution in [0.15, 0.2) is 12.1 Å². The number of hydrogen-bond donors (Lipinski definition) is 0. The van der Waals surface area contributed by atoms with E-state index in [4.69, 9.17) is 21.1 Å². The molecule has 5 heteroatoms. The second-order valence-electron chi connectivity index (χ2n) is 3.41. The van der Waals surface area contributed by atoms with Crippen LogP contribution in [0, 0.1) is 0 Å². The first-order chi connectivity index (χ1) is 8.21. The number of pyridine rings is 1. The van der Waals surface area contributed by atoms with Gasteiger partial charge in [0.2, 0.25) is 5.88 Å². The molecule has 0 atom stereocenters. The highest BCUT2D eigenvalue weighted by Gasteiger charge is 2.07. The first-order valence-electron chi connectivity index (χ1n) is 5.45. The largest absolute Gasteiger partial charge is 0.481 e. The van der Waals surface area contributed by atoms with Gasteiger partial charge in [-0.05, 0) is 13.0 Å². The third-order valence-electron chi connectivity index (χ3n) is 2.22. The molecule has 0 amide bonds. The summed E-state index contributed by atoms with van der Waals surface area (Å²) in [7, 11) is 1.55. The zero-order valence-electron chi connectivity index (χ0n) is 10.0. The first kappa shape index (κ1) is 13.8. The highest BCUT2D eigenvalue weighted by Crippen LogP contribution is 2.18. The molecule has 0 saturated heterocycles. The number of carbonyl (C=O) groups is 1. The van der Waals surface area contributed by atoms with Crippen LogP contribution in [0.5, 0.6) is 5.88 Å². The maximum atomic E-state index is 11.2. The van der Waals surface area contributed by atoms with Crippen LogP contribution in [-0.4, -0.2) is 24.7 Å². The number of rotatable bonds is 6. The van der Waals surface area contributed by atoms with Gasteiger partial charge in [-0.25, -0.2) is 4.98 Å². The normalized spacial score (nSPS) is 10.1. The first-order valence-corrected chi connectivity index (χ1v) is 5.99. The van der Waals surface area contributed by atoms with Crippen LogP contribution in [0.25, 0.3) is 0 Å². The van der Waals surface area contributed by atoms with Crippen molar-refractivity contribution in [2.24, 2.45) is 0 Å². The molecule has 0 aliphatic heterocycles. The molecule has 0 spiro atoms. The SMILES string of the molecule is CCOC(=O)CCc1ccc(CCl)c(OC)n1. The number of esters is 1. The molecule has 0 radical (unpaired) electrons. The number of alkyl halides is 1. The molecule has 0 saturated carbocycles. The molecule has 0 unspecified atom stereocenters. The van der Waals surface area contributed by atoms with E-state index >= 15 is 0 Å². The topological polar surface area (TPSA) is 48.4 Å². The van der Waals surface area contributed by atoms with Crippen molar-refractivity contribution in [2.75, 3.05) is 13.7 Å². The lowest BCUT2D eigenvalue weighted by molar-refractivity contribution is -0.143. The highest BCUT2D eigenvalue weighted by atomic mass is 35.5. The maximum Gasteiger partial charge on any atom is 0.306 e. The summed E-state index contributed by atoms with van der Waals surface area (Å²) in [6.07, 6.45) is 0.863. The summed E-state index contributed by atoms with van der Waals surface area (Å²) in [5.41, 5.74) is 1.64. The van der Waals surface area contributed by atoms with Crippen molar-refractivity contribution in [2.45, 2.75) is 25.6 Å². The van der Waals surface area contributed by atoms with E-state index in [1.54, 1.807) is 14.0 Å². The zero-order chi connectivity index (χ0) is 12.7. The molecule has 4 nitrogen and oxygen atoms in total. The van der Waals surface area contributed by atoms with Gasteiger partial charge >= 0.3 is 5.97 Å². The van der Waals surface area contributed by atoms with Gasteiger partial charge < -0.3 is 9.47 Å². The Morgan fingerprint density at radius 3 is 2.82 bits per heavy atom. The molecule has 17 heavy (non-hydrogen) atoms. The molecule has 0 aromatic carbocycles. The predicted molar refractivity (Wildman–Crippen MR) is 65.3 cm³/mol. The van der Waals surface area contributed by atoms with Gasteiger partial charge in [-0.2, -0.15) is 0 Å². The van der Waals surface area contributed by atoms with Crippen LogP contribution in [0.2, 0.25) is 0 Å². The molecule has 0 aliphatic carbocycles. The lowest BCUT2D eigenvalue weighted by Crippen LogP contribution is -2.06. The van der Waals surface area contributed by atoms with E-state index in [0.717, 1.165) is 11.3 Å². The number of aryl methyl sites for hydroxylation is 1. The number of ether oxygens (including phenoxy) is 2. The van der Waals surface area contributed by atoms with Crippen molar-refractivity contribution in [1.82, 2.24) is 4.98 Å². The second-order valence-corrected chi connectivity index (χ2v) is 3.68. The fourth-order valence-electron chi connectivity index (χ4n) is 1.39. The summed E-state index contributed by atoms with van der Waals surface area (Å²) in [6.45, 7) is 2.19. The van der Waals surface area contributed by atoms with Crippen LogP contribution >= 0.6 is 11.6 Å². The van der Waals surface area contributed by atoms with Crippen molar-refractivity contribution >= 4 is 17.6 Å². The molecule has 0 aliphatic rings. The molecular formula is C12H16ClNO3. The maximum absolute atomic E-state index is 11.2. The number of carbonyl (C=O) groups excluding carboxylic acids is 1. The van der Waals surface area contributed by atoms with E-state index in [0.29, 0.717) is 31.2 Å². The van der Waals surface area contributed by atoms with Gasteiger partial charge in [-0.1, -0.05) is 6.07 Å². The lowest BCUT2D eigenvalue weighted by Gasteiger charge is -2.07. The van der Waals surface area contributed by atoms with Crippen molar-refractivity contribution in [3.05, 3.63) is 23.4 Å². The number of methoxy groups -OCH3 is 1. The summed E-state index contributed by atoms with van der Waals surface area (Å²) < 4.78 is 9.97. The van der Waals surface area contributed by atoms with Gasteiger partial charge in [0.05, 0.1) is 26.0 Å². The molecule has 0 bridgehead atoms. The minimum atomic E-state index is -0.213. The van der Waals surface area contributed by atoms with Crippen LogP contribution in [-0.2, 0) is 21.8 Å². The van der Waals surface area contributed by atoms with Gasteiger partial charge in [0.25, 0.3) is 0 Å². The van der Waals surface area contributed by atoms with Gasteiger partial charge in [0, 0.05) is 17.7 Å². The Bertz CT molecular complexity index is 382. The number of nitrogens with zero attached hydrogens (tertiary/aromatic N) is 1. The van der Waals surface area contributed by atoms with Crippen LogP contribution < -0.4 is 4.74 Å². The fourth-order valence-corrected chi connectivity index (χ4v) is 1.59. The summed E-state index contributed by atoms with van der Waals surface area (Å²) in [4.78, 5) is 15.5. The van der Waals surface area contributed by atoms with Crippen molar-refractivity contribution in [3.8, 4) is 5.88 Å². The van der Waals surface area contributed by atoms with Gasteiger partial charge in [0.15, 0.2) is 0 Å². The summed E-state index contributed by atoms with van der Waals surface area (Å²) in [5, 5.41) is 0. The van der Waals surface area contributed by atoms with E-state index in [1.807, 2.05) is 12.1 Å². The minimum Gasteiger partial charge on any atom is -0.481 e. The smallest absolute Gasteiger partial charge is 0.306 e. The Balaban J connectivity index is 2.63. The number of halogens is 1. The van der Waals surface area contributed by atoms with E-state index in [1.165, 1.54) is 0 Å². The Kier molecular flexibility index (Phi) is 5.77. The predicted octanol–water partition coefficient (Wildman–Crippen LogP) is 2.32. The summed E-state index contributed by atoms with van der Waals surface area (Å²) in [5.74, 6) is 0.657. The third-order valence-corrected chi connectivity index (χ3v) is 2.51. The van der Waals surface area contributed by atoms with Crippen LogP contribution in [0.1, 0.15) is 24.6 Å². The van der Waals surface area contributed by atoms with Crippen molar-refractivity contribution < 1.29 is 14.3 Å².